The number of aromatic nitrogens is 1. The first kappa shape index (κ1) is 18.8. The second-order valence-corrected chi connectivity index (χ2v) is 11.0. The van der Waals surface area contributed by atoms with Gasteiger partial charge in [0.25, 0.3) is 0 Å². The van der Waals surface area contributed by atoms with Crippen molar-refractivity contribution >= 4 is 27.4 Å². The average molecular weight is 404 g/mol. The molecular formula is C21H25NO3S2. The molecule has 0 amide bonds. The van der Waals surface area contributed by atoms with Crippen LogP contribution < -0.4 is 0 Å². The fourth-order valence-corrected chi connectivity index (χ4v) is 7.01. The van der Waals surface area contributed by atoms with Crippen LogP contribution in [0, 0.1) is 13.8 Å². The molecule has 0 N–H and O–H groups in total. The smallest absolute Gasteiger partial charge is 0.174 e. The predicted molar refractivity (Wildman–Crippen MR) is 110 cm³/mol. The van der Waals surface area contributed by atoms with E-state index in [9.17, 15) is 13.2 Å². The van der Waals surface area contributed by atoms with Gasteiger partial charge in [-0.05, 0) is 68.9 Å². The highest BCUT2D eigenvalue weighted by atomic mass is 32.2. The maximum Gasteiger partial charge on any atom is 0.174 e. The van der Waals surface area contributed by atoms with Crippen LogP contribution in [0.25, 0.3) is 0 Å². The summed E-state index contributed by atoms with van der Waals surface area (Å²) < 4.78 is 25.7. The van der Waals surface area contributed by atoms with Crippen molar-refractivity contribution in [3.8, 4) is 0 Å². The zero-order valence-electron chi connectivity index (χ0n) is 15.8. The SMILES string of the molecule is Cc1cc(C(=O)CSc2ccc3c(c2)CCC3)c(C)n1C1CCS(=O)(=O)C1. The van der Waals surface area contributed by atoms with Crippen LogP contribution in [0.2, 0.25) is 0 Å². The fraction of sp³-hybridized carbons (Fsp3) is 0.476. The zero-order chi connectivity index (χ0) is 19.2. The molecule has 0 bridgehead atoms. The topological polar surface area (TPSA) is 56.1 Å². The van der Waals surface area contributed by atoms with Crippen LogP contribution in [0.15, 0.2) is 29.2 Å². The standard InChI is InChI=1S/C21H25NO3S2/c1-14-10-20(15(2)22(14)18-8-9-27(24,25)13-18)21(23)12-26-19-7-6-16-4-3-5-17(16)11-19/h6-7,10-11,18H,3-5,8-9,12-13H2,1-2H3. The third-order valence-corrected chi connectivity index (χ3v) is 8.54. The lowest BCUT2D eigenvalue weighted by Crippen LogP contribution is -2.14. The van der Waals surface area contributed by atoms with Crippen LogP contribution in [0.5, 0.6) is 0 Å². The Morgan fingerprint density at radius 2 is 1.96 bits per heavy atom. The number of nitrogens with zero attached hydrogens (tertiary/aromatic N) is 1. The van der Waals surface area contributed by atoms with Crippen LogP contribution in [0.4, 0.5) is 0 Å². The second kappa shape index (κ2) is 7.13. The molecule has 4 rings (SSSR count). The van der Waals surface area contributed by atoms with Gasteiger partial charge >= 0.3 is 0 Å². The lowest BCUT2D eigenvalue weighted by molar-refractivity contribution is 0.102. The summed E-state index contributed by atoms with van der Waals surface area (Å²) in [6.07, 6.45) is 4.17. The number of fused-ring (bicyclic) bond motifs is 1. The number of hydrogen-bond donors (Lipinski definition) is 0. The van der Waals surface area contributed by atoms with Gasteiger partial charge in [0, 0.05) is 27.9 Å². The first-order valence-corrected chi connectivity index (χ1v) is 12.3. The normalized spacial score (nSPS) is 20.7. The Bertz CT molecular complexity index is 1000. The average Bonchev–Trinajstić information content (AvgIpc) is 3.29. The van der Waals surface area contributed by atoms with Crippen LogP contribution in [0.3, 0.4) is 0 Å². The first-order valence-electron chi connectivity index (χ1n) is 9.51. The summed E-state index contributed by atoms with van der Waals surface area (Å²) >= 11 is 1.59. The third-order valence-electron chi connectivity index (χ3n) is 5.80. The van der Waals surface area contributed by atoms with Gasteiger partial charge in [0.15, 0.2) is 15.6 Å². The van der Waals surface area contributed by atoms with Crippen LogP contribution in [0.1, 0.15) is 51.8 Å². The Morgan fingerprint density at radius 1 is 1.19 bits per heavy atom. The van der Waals surface area contributed by atoms with Crippen LogP contribution in [-0.4, -0.2) is 36.0 Å². The van der Waals surface area contributed by atoms with Gasteiger partial charge in [0.2, 0.25) is 0 Å². The fourth-order valence-electron chi connectivity index (χ4n) is 4.46. The Morgan fingerprint density at radius 3 is 2.70 bits per heavy atom. The third kappa shape index (κ3) is 3.74. The number of Topliss-reactive ketones (excluding diaryl/α,β-unsaturated/α-hetero) is 1. The summed E-state index contributed by atoms with van der Waals surface area (Å²) in [5.41, 5.74) is 5.47. The van der Waals surface area contributed by atoms with Gasteiger partial charge < -0.3 is 4.57 Å². The molecule has 1 aromatic carbocycles. The van der Waals surface area contributed by atoms with Crippen molar-refractivity contribution in [1.82, 2.24) is 4.57 Å². The molecule has 27 heavy (non-hydrogen) atoms. The highest BCUT2D eigenvalue weighted by Gasteiger charge is 2.31. The zero-order valence-corrected chi connectivity index (χ0v) is 17.5. The Hall–Kier alpha value is -1.53. The van der Waals surface area contributed by atoms with E-state index >= 15 is 0 Å². The molecule has 1 unspecified atom stereocenters. The molecule has 2 aromatic rings. The Balaban J connectivity index is 1.48. The second-order valence-electron chi connectivity index (χ2n) is 7.71. The monoisotopic (exact) mass is 403 g/mol. The minimum atomic E-state index is -2.95. The van der Waals surface area contributed by atoms with E-state index in [2.05, 4.69) is 22.8 Å². The van der Waals surface area contributed by atoms with E-state index in [-0.39, 0.29) is 23.3 Å². The summed E-state index contributed by atoms with van der Waals surface area (Å²) in [5, 5.41) is 0. The number of rotatable bonds is 5. The van der Waals surface area contributed by atoms with Crippen molar-refractivity contribution in [3.63, 3.8) is 0 Å². The molecule has 4 nitrogen and oxygen atoms in total. The number of carbonyl (C=O) groups is 1. The van der Waals surface area contributed by atoms with Gasteiger partial charge in [-0.25, -0.2) is 8.42 Å². The van der Waals surface area contributed by atoms with Crippen molar-refractivity contribution in [2.24, 2.45) is 0 Å². The van der Waals surface area contributed by atoms with Gasteiger partial charge in [0.05, 0.1) is 17.3 Å². The molecule has 0 radical (unpaired) electrons. The minimum absolute atomic E-state index is 0.0408. The van der Waals surface area contributed by atoms with E-state index in [1.165, 1.54) is 24.0 Å². The largest absolute Gasteiger partial charge is 0.344 e. The maximum absolute atomic E-state index is 12.8. The molecule has 1 aromatic heterocycles. The molecule has 1 aliphatic carbocycles. The van der Waals surface area contributed by atoms with Crippen molar-refractivity contribution in [2.45, 2.75) is 50.5 Å². The quantitative estimate of drug-likeness (QED) is 0.561. The summed E-state index contributed by atoms with van der Waals surface area (Å²) in [6.45, 7) is 3.90. The van der Waals surface area contributed by atoms with Crippen molar-refractivity contribution in [3.05, 3.63) is 52.3 Å². The summed E-state index contributed by atoms with van der Waals surface area (Å²) in [7, 11) is -2.95. The molecule has 0 spiro atoms. The van der Waals surface area contributed by atoms with Crippen LogP contribution >= 0.6 is 11.8 Å². The number of carbonyl (C=O) groups excluding carboxylic acids is 1. The molecule has 1 aliphatic heterocycles. The number of thioether (sulfide) groups is 1. The van der Waals surface area contributed by atoms with E-state index in [0.29, 0.717) is 12.2 Å². The van der Waals surface area contributed by atoms with E-state index in [1.807, 2.05) is 19.9 Å². The lowest BCUT2D eigenvalue weighted by atomic mass is 10.1. The molecule has 1 atom stereocenters. The van der Waals surface area contributed by atoms with Gasteiger partial charge in [0.1, 0.15) is 0 Å². The van der Waals surface area contributed by atoms with E-state index in [1.54, 1.807) is 11.8 Å². The molecule has 1 fully saturated rings. The lowest BCUT2D eigenvalue weighted by Gasteiger charge is -2.16. The van der Waals surface area contributed by atoms with E-state index in [0.717, 1.165) is 28.3 Å². The molecule has 2 aliphatic rings. The predicted octanol–water partition coefficient (Wildman–Crippen LogP) is 3.93. The summed E-state index contributed by atoms with van der Waals surface area (Å²) in [6, 6.07) is 8.43. The Kier molecular flexibility index (Phi) is 4.97. The Labute approximate surface area is 165 Å². The summed E-state index contributed by atoms with van der Waals surface area (Å²) in [5.74, 6) is 0.944. The minimum Gasteiger partial charge on any atom is -0.344 e. The highest BCUT2D eigenvalue weighted by molar-refractivity contribution is 8.00. The van der Waals surface area contributed by atoms with E-state index < -0.39 is 9.84 Å². The number of aryl methyl sites for hydroxylation is 3. The van der Waals surface area contributed by atoms with Gasteiger partial charge in [-0.2, -0.15) is 0 Å². The molecule has 6 heteroatoms. The number of ketones is 1. The van der Waals surface area contributed by atoms with Crippen molar-refractivity contribution < 1.29 is 13.2 Å². The van der Waals surface area contributed by atoms with Crippen LogP contribution in [-0.2, 0) is 22.7 Å². The molecular weight excluding hydrogens is 378 g/mol. The highest BCUT2D eigenvalue weighted by Crippen LogP contribution is 2.31. The molecule has 144 valence electrons. The van der Waals surface area contributed by atoms with E-state index in [4.69, 9.17) is 0 Å². The van der Waals surface area contributed by atoms with Gasteiger partial charge in [-0.1, -0.05) is 6.07 Å². The van der Waals surface area contributed by atoms with Gasteiger partial charge in [-0.15, -0.1) is 11.8 Å². The molecule has 2 heterocycles. The van der Waals surface area contributed by atoms with Gasteiger partial charge in [-0.3, -0.25) is 4.79 Å². The molecule has 1 saturated heterocycles. The number of hydrogen-bond acceptors (Lipinski definition) is 4. The molecule has 0 saturated carbocycles. The summed E-state index contributed by atoms with van der Waals surface area (Å²) in [4.78, 5) is 14.0. The number of sulfone groups is 1. The van der Waals surface area contributed by atoms with Crippen molar-refractivity contribution in [2.75, 3.05) is 17.3 Å². The first-order chi connectivity index (χ1) is 12.8. The maximum atomic E-state index is 12.8. The number of benzene rings is 1. The van der Waals surface area contributed by atoms with Crippen molar-refractivity contribution in [1.29, 1.82) is 0 Å².